The summed E-state index contributed by atoms with van der Waals surface area (Å²) in [6.07, 6.45) is 0. The van der Waals surface area contributed by atoms with Gasteiger partial charge in [0.25, 0.3) is 0 Å². The van der Waals surface area contributed by atoms with Crippen LogP contribution in [0.4, 0.5) is 5.69 Å². The zero-order valence-electron chi connectivity index (χ0n) is 10.9. The zero-order valence-corrected chi connectivity index (χ0v) is 11.7. The molecule has 0 aromatic heterocycles. The molecule has 0 aliphatic rings. The summed E-state index contributed by atoms with van der Waals surface area (Å²) in [5.74, 6) is 0.721. The van der Waals surface area contributed by atoms with Gasteiger partial charge in [-0.2, -0.15) is 0 Å². The average molecular weight is 269 g/mol. The van der Waals surface area contributed by atoms with Crippen LogP contribution in [-0.4, -0.2) is 22.4 Å². The maximum atomic E-state index is 11.5. The number of hydrogen-bond donors (Lipinski definition) is 2. The van der Waals surface area contributed by atoms with Crippen LogP contribution >= 0.6 is 11.8 Å². The van der Waals surface area contributed by atoms with E-state index in [1.54, 1.807) is 18.2 Å². The normalized spacial score (nSPS) is 11.3. The highest BCUT2D eigenvalue weighted by Gasteiger charge is 2.16. The molecule has 0 fully saturated rings. The van der Waals surface area contributed by atoms with Crippen LogP contribution in [0.2, 0.25) is 0 Å². The molecule has 0 bridgehead atoms. The second-order valence-corrected chi connectivity index (χ2v) is 5.95. The molecule has 0 aliphatic heterocycles. The number of anilines is 1. The number of aromatic hydroxyl groups is 1. The number of nitrogen functional groups attached to an aromatic ring is 1. The molecule has 0 saturated carbocycles. The second kappa shape index (κ2) is 6.00. The fourth-order valence-corrected chi connectivity index (χ4v) is 2.12. The molecule has 0 amide bonds. The first-order chi connectivity index (χ1) is 8.28. The standard InChI is InChI=1S/C13H19NO3S/c1-13(2,3)17-12(16)8-18-7-9-6-10(14)4-5-11(9)15/h4-6,15H,7-8,14H2,1-3H3. The lowest BCUT2D eigenvalue weighted by Gasteiger charge is -2.19. The van der Waals surface area contributed by atoms with Crippen molar-refractivity contribution in [2.45, 2.75) is 32.1 Å². The zero-order chi connectivity index (χ0) is 13.8. The Morgan fingerprint density at radius 2 is 2.11 bits per heavy atom. The Balaban J connectivity index is 2.42. The summed E-state index contributed by atoms with van der Waals surface area (Å²) in [6.45, 7) is 5.50. The summed E-state index contributed by atoms with van der Waals surface area (Å²) in [5.41, 5.74) is 6.49. The number of hydrogen-bond acceptors (Lipinski definition) is 5. The van der Waals surface area contributed by atoms with Gasteiger partial charge in [0, 0.05) is 17.0 Å². The van der Waals surface area contributed by atoms with Crippen LogP contribution in [0, 0.1) is 0 Å². The molecule has 0 spiro atoms. The van der Waals surface area contributed by atoms with Crippen molar-refractivity contribution in [3.63, 3.8) is 0 Å². The third kappa shape index (κ3) is 5.31. The van der Waals surface area contributed by atoms with E-state index in [0.717, 1.165) is 5.56 Å². The van der Waals surface area contributed by atoms with Gasteiger partial charge in [-0.25, -0.2) is 0 Å². The molecule has 4 nitrogen and oxygen atoms in total. The highest BCUT2D eigenvalue weighted by Crippen LogP contribution is 2.24. The number of rotatable bonds is 4. The van der Waals surface area contributed by atoms with Crippen LogP contribution in [0.15, 0.2) is 18.2 Å². The van der Waals surface area contributed by atoms with E-state index >= 15 is 0 Å². The third-order valence-corrected chi connectivity index (χ3v) is 2.96. The average Bonchev–Trinajstić information content (AvgIpc) is 2.20. The highest BCUT2D eigenvalue weighted by atomic mass is 32.2. The topological polar surface area (TPSA) is 72.5 Å². The predicted octanol–water partition coefficient (Wildman–Crippen LogP) is 2.55. The van der Waals surface area contributed by atoms with Crippen LogP contribution in [0.3, 0.4) is 0 Å². The van der Waals surface area contributed by atoms with Crippen LogP contribution < -0.4 is 5.73 Å². The van der Waals surface area contributed by atoms with Gasteiger partial charge in [0.05, 0.1) is 5.75 Å². The highest BCUT2D eigenvalue weighted by molar-refractivity contribution is 7.99. The third-order valence-electron chi connectivity index (χ3n) is 2.00. The van der Waals surface area contributed by atoms with E-state index in [9.17, 15) is 9.90 Å². The summed E-state index contributed by atoms with van der Waals surface area (Å²) >= 11 is 1.39. The van der Waals surface area contributed by atoms with Crippen LogP contribution in [0.25, 0.3) is 0 Å². The van der Waals surface area contributed by atoms with Crippen molar-refractivity contribution < 1.29 is 14.6 Å². The summed E-state index contributed by atoms with van der Waals surface area (Å²) in [7, 11) is 0. The number of phenols is 1. The van der Waals surface area contributed by atoms with Crippen LogP contribution in [0.5, 0.6) is 5.75 Å². The number of phenolic OH excluding ortho intramolecular Hbond substituents is 1. The van der Waals surface area contributed by atoms with E-state index in [0.29, 0.717) is 11.4 Å². The summed E-state index contributed by atoms with van der Waals surface area (Å²) in [6, 6.07) is 4.90. The Bertz CT molecular complexity index is 427. The first kappa shape index (κ1) is 14.7. The number of nitrogens with two attached hydrogens (primary N) is 1. The molecule has 1 rings (SSSR count). The van der Waals surface area contributed by atoms with Gasteiger partial charge in [-0.1, -0.05) is 0 Å². The number of thioether (sulfide) groups is 1. The lowest BCUT2D eigenvalue weighted by molar-refractivity contribution is -0.151. The Kier molecular flexibility index (Phi) is 4.90. The maximum Gasteiger partial charge on any atom is 0.316 e. The molecule has 18 heavy (non-hydrogen) atoms. The van der Waals surface area contributed by atoms with E-state index in [-0.39, 0.29) is 17.5 Å². The van der Waals surface area contributed by atoms with Gasteiger partial charge in [-0.3, -0.25) is 4.79 Å². The van der Waals surface area contributed by atoms with Crippen LogP contribution in [-0.2, 0) is 15.3 Å². The van der Waals surface area contributed by atoms with Crippen molar-refractivity contribution in [2.75, 3.05) is 11.5 Å². The number of carbonyl (C=O) groups is 1. The van der Waals surface area contributed by atoms with Crippen molar-refractivity contribution in [2.24, 2.45) is 0 Å². The van der Waals surface area contributed by atoms with Gasteiger partial charge < -0.3 is 15.6 Å². The SMILES string of the molecule is CC(C)(C)OC(=O)CSCc1cc(N)ccc1O. The quantitative estimate of drug-likeness (QED) is 0.499. The Morgan fingerprint density at radius 1 is 1.44 bits per heavy atom. The van der Waals surface area contributed by atoms with Gasteiger partial charge in [-0.15, -0.1) is 11.8 Å². The minimum absolute atomic E-state index is 0.195. The van der Waals surface area contributed by atoms with E-state index in [1.165, 1.54) is 11.8 Å². The monoisotopic (exact) mass is 269 g/mol. The van der Waals surface area contributed by atoms with E-state index in [4.69, 9.17) is 10.5 Å². The van der Waals surface area contributed by atoms with Gasteiger partial charge in [0.15, 0.2) is 0 Å². The summed E-state index contributed by atoms with van der Waals surface area (Å²) in [5, 5.41) is 9.60. The van der Waals surface area contributed by atoms with Crippen LogP contribution in [0.1, 0.15) is 26.3 Å². The molecule has 5 heteroatoms. The molecule has 0 aliphatic carbocycles. The largest absolute Gasteiger partial charge is 0.508 e. The van der Waals surface area contributed by atoms with Gasteiger partial charge in [-0.05, 0) is 39.0 Å². The summed E-state index contributed by atoms with van der Waals surface area (Å²) < 4.78 is 5.18. The maximum absolute atomic E-state index is 11.5. The molecule has 100 valence electrons. The molecule has 0 unspecified atom stereocenters. The molecule has 1 aromatic carbocycles. The number of esters is 1. The van der Waals surface area contributed by atoms with Crippen molar-refractivity contribution in [3.8, 4) is 5.75 Å². The molecule has 0 heterocycles. The summed E-state index contributed by atoms with van der Waals surface area (Å²) in [4.78, 5) is 11.5. The molecule has 0 atom stereocenters. The fraction of sp³-hybridized carbons (Fsp3) is 0.462. The van der Waals surface area contributed by atoms with Crippen molar-refractivity contribution >= 4 is 23.4 Å². The predicted molar refractivity (Wildman–Crippen MR) is 74.5 cm³/mol. The Labute approximate surface area is 112 Å². The van der Waals surface area contributed by atoms with Crippen molar-refractivity contribution in [1.29, 1.82) is 0 Å². The molecular weight excluding hydrogens is 250 g/mol. The smallest absolute Gasteiger partial charge is 0.316 e. The van der Waals surface area contributed by atoms with E-state index < -0.39 is 5.60 Å². The van der Waals surface area contributed by atoms with E-state index in [2.05, 4.69) is 0 Å². The van der Waals surface area contributed by atoms with Gasteiger partial charge in [0.1, 0.15) is 11.4 Å². The molecule has 0 saturated heterocycles. The molecular formula is C13H19NO3S. The van der Waals surface area contributed by atoms with Crippen molar-refractivity contribution in [3.05, 3.63) is 23.8 Å². The van der Waals surface area contributed by atoms with E-state index in [1.807, 2.05) is 20.8 Å². The van der Waals surface area contributed by atoms with Gasteiger partial charge in [0.2, 0.25) is 0 Å². The lowest BCUT2D eigenvalue weighted by atomic mass is 10.2. The first-order valence-corrected chi connectivity index (χ1v) is 6.80. The first-order valence-electron chi connectivity index (χ1n) is 5.65. The molecule has 1 aromatic rings. The minimum Gasteiger partial charge on any atom is -0.508 e. The Morgan fingerprint density at radius 3 is 2.72 bits per heavy atom. The number of carbonyl (C=O) groups excluding carboxylic acids is 1. The fourth-order valence-electron chi connectivity index (χ4n) is 1.34. The molecule has 3 N–H and O–H groups in total. The minimum atomic E-state index is -0.461. The van der Waals surface area contributed by atoms with Crippen molar-refractivity contribution in [1.82, 2.24) is 0 Å². The number of benzene rings is 1. The molecule has 0 radical (unpaired) electrons. The number of ether oxygens (including phenoxy) is 1. The van der Waals surface area contributed by atoms with Gasteiger partial charge >= 0.3 is 5.97 Å². The lowest BCUT2D eigenvalue weighted by Crippen LogP contribution is -2.24. The second-order valence-electron chi connectivity index (χ2n) is 4.97. The Hall–Kier alpha value is -1.36.